The number of hydrogen-bond donors (Lipinski definition) is 2. The zero-order valence-corrected chi connectivity index (χ0v) is 11.5. The number of azo groups is 1. The summed E-state index contributed by atoms with van der Waals surface area (Å²) in [6.07, 6.45) is 3.81. The quantitative estimate of drug-likeness (QED) is 0.507. The second-order valence-electron chi connectivity index (χ2n) is 4.42. The molecule has 1 aliphatic rings. The first-order valence-corrected chi connectivity index (χ1v) is 7.30. The molecule has 20 heavy (non-hydrogen) atoms. The minimum Gasteiger partial charge on any atom is -0.366 e. The maximum atomic E-state index is 11.2. The third-order valence-electron chi connectivity index (χ3n) is 2.96. The topological polar surface area (TPSA) is 99.3 Å². The van der Waals surface area contributed by atoms with Crippen molar-refractivity contribution < 1.29 is 18.1 Å². The van der Waals surface area contributed by atoms with Crippen LogP contribution in [0.2, 0.25) is 0 Å². The van der Waals surface area contributed by atoms with E-state index in [4.69, 9.17) is 4.55 Å². The molecule has 0 radical (unpaired) electrons. The molecular formula is C13H14N2O4S. The van der Waals surface area contributed by atoms with Crippen LogP contribution < -0.4 is 0 Å². The average molecular weight is 294 g/mol. The minimum absolute atomic E-state index is 0.0829. The molecule has 1 aromatic rings. The molecule has 6 nitrogen and oxygen atoms in total. The summed E-state index contributed by atoms with van der Waals surface area (Å²) in [5.41, 5.74) is 0.752. The third kappa shape index (κ3) is 2.84. The van der Waals surface area contributed by atoms with E-state index >= 15 is 0 Å². The minimum atomic E-state index is -4.64. The molecule has 0 aliphatic heterocycles. The number of hydrogen-bond acceptors (Lipinski definition) is 5. The number of benzene rings is 1. The molecule has 2 unspecified atom stereocenters. The van der Waals surface area contributed by atoms with Gasteiger partial charge in [0.05, 0.1) is 5.69 Å². The van der Waals surface area contributed by atoms with Crippen LogP contribution in [0.25, 0.3) is 0 Å². The largest absolute Gasteiger partial charge is 0.366 e. The van der Waals surface area contributed by atoms with Crippen LogP contribution in [0.4, 0.5) is 5.69 Å². The Labute approximate surface area is 116 Å². The van der Waals surface area contributed by atoms with Gasteiger partial charge in [0.15, 0.2) is 0 Å². The van der Waals surface area contributed by atoms with E-state index < -0.39 is 21.1 Å². The Bertz CT molecular complexity index is 680. The predicted molar refractivity (Wildman–Crippen MR) is 74.1 cm³/mol. The first-order chi connectivity index (χ1) is 9.33. The summed E-state index contributed by atoms with van der Waals surface area (Å²) in [6, 6.07) is 8.57. The van der Waals surface area contributed by atoms with Gasteiger partial charge in [-0.3, -0.25) is 4.55 Å². The highest BCUT2D eigenvalue weighted by Crippen LogP contribution is 2.29. The Kier molecular flexibility index (Phi) is 3.85. The molecule has 0 amide bonds. The van der Waals surface area contributed by atoms with E-state index in [1.54, 1.807) is 12.1 Å². The third-order valence-corrected chi connectivity index (χ3v) is 4.21. The molecule has 7 heteroatoms. The summed E-state index contributed by atoms with van der Waals surface area (Å²) in [6.45, 7) is 1.41. The summed E-state index contributed by atoms with van der Waals surface area (Å²) in [7, 11) is -4.64. The second kappa shape index (κ2) is 5.28. The zero-order chi connectivity index (χ0) is 14.8. The fraction of sp³-hybridized carbons (Fsp3) is 0.231. The lowest BCUT2D eigenvalue weighted by atomic mass is 10.0. The van der Waals surface area contributed by atoms with Gasteiger partial charge in [0.1, 0.15) is 6.04 Å². The lowest BCUT2D eigenvalue weighted by molar-refractivity contribution is 0.193. The van der Waals surface area contributed by atoms with E-state index in [0.29, 0.717) is 5.69 Å². The van der Waals surface area contributed by atoms with Gasteiger partial charge < -0.3 is 5.11 Å². The number of rotatable bonds is 3. The van der Waals surface area contributed by atoms with Gasteiger partial charge >= 0.3 is 10.1 Å². The van der Waals surface area contributed by atoms with Gasteiger partial charge in [-0.05, 0) is 30.7 Å². The zero-order valence-electron chi connectivity index (χ0n) is 10.7. The molecule has 0 saturated carbocycles. The fourth-order valence-corrected chi connectivity index (χ4v) is 2.51. The lowest BCUT2D eigenvalue weighted by Crippen LogP contribution is -2.39. The highest BCUT2D eigenvalue weighted by atomic mass is 32.2. The van der Waals surface area contributed by atoms with Crippen LogP contribution in [0.3, 0.4) is 0 Å². The molecule has 2 rings (SSSR count). The van der Waals surface area contributed by atoms with Crippen molar-refractivity contribution in [2.45, 2.75) is 17.9 Å². The second-order valence-corrected chi connectivity index (χ2v) is 5.99. The monoisotopic (exact) mass is 294 g/mol. The molecule has 1 aromatic carbocycles. The van der Waals surface area contributed by atoms with Crippen molar-refractivity contribution in [2.24, 2.45) is 10.2 Å². The Balaban J connectivity index is 2.21. The summed E-state index contributed by atoms with van der Waals surface area (Å²) in [5.74, 6) is 0. The van der Waals surface area contributed by atoms with Crippen LogP contribution >= 0.6 is 0 Å². The SMILES string of the molecule is CC1=CC(N=Nc2ccccc2)C=CC1(O)S(=O)(=O)O. The van der Waals surface area contributed by atoms with Crippen molar-refractivity contribution in [1.29, 1.82) is 0 Å². The van der Waals surface area contributed by atoms with Gasteiger partial charge in [-0.2, -0.15) is 18.6 Å². The van der Waals surface area contributed by atoms with E-state index in [1.807, 2.05) is 18.2 Å². The fourth-order valence-electron chi connectivity index (χ4n) is 1.78. The van der Waals surface area contributed by atoms with Crippen LogP contribution in [-0.2, 0) is 10.1 Å². The van der Waals surface area contributed by atoms with E-state index in [0.717, 1.165) is 6.08 Å². The van der Waals surface area contributed by atoms with Crippen LogP contribution in [0.5, 0.6) is 0 Å². The Morgan fingerprint density at radius 2 is 1.90 bits per heavy atom. The van der Waals surface area contributed by atoms with Crippen LogP contribution in [-0.4, -0.2) is 29.1 Å². The molecular weight excluding hydrogens is 280 g/mol. The Morgan fingerprint density at radius 1 is 1.25 bits per heavy atom. The molecule has 0 fully saturated rings. The van der Waals surface area contributed by atoms with Crippen LogP contribution in [0.1, 0.15) is 6.92 Å². The van der Waals surface area contributed by atoms with E-state index in [1.165, 1.54) is 19.1 Å². The van der Waals surface area contributed by atoms with Gasteiger partial charge in [0.2, 0.25) is 4.93 Å². The van der Waals surface area contributed by atoms with Crippen LogP contribution in [0.15, 0.2) is 64.4 Å². The smallest absolute Gasteiger partial charge is 0.303 e. The number of nitrogens with zero attached hydrogens (tertiary/aromatic N) is 2. The van der Waals surface area contributed by atoms with Crippen molar-refractivity contribution in [1.82, 2.24) is 0 Å². The van der Waals surface area contributed by atoms with Crippen LogP contribution in [0, 0.1) is 0 Å². The molecule has 106 valence electrons. The Morgan fingerprint density at radius 3 is 2.45 bits per heavy atom. The van der Waals surface area contributed by atoms with Gasteiger partial charge in [0, 0.05) is 0 Å². The molecule has 1 aliphatic carbocycles. The van der Waals surface area contributed by atoms with Crippen molar-refractivity contribution in [2.75, 3.05) is 0 Å². The normalized spacial score (nSPS) is 26.8. The maximum absolute atomic E-state index is 11.2. The highest BCUT2D eigenvalue weighted by molar-refractivity contribution is 7.87. The van der Waals surface area contributed by atoms with Gasteiger partial charge in [-0.15, -0.1) is 0 Å². The van der Waals surface area contributed by atoms with Gasteiger partial charge in [-0.1, -0.05) is 30.4 Å². The molecule has 2 N–H and O–H groups in total. The van der Waals surface area contributed by atoms with Gasteiger partial charge in [0.25, 0.3) is 0 Å². The van der Waals surface area contributed by atoms with E-state index in [2.05, 4.69) is 10.2 Å². The predicted octanol–water partition coefficient (Wildman–Crippen LogP) is 2.23. The van der Waals surface area contributed by atoms with E-state index in [9.17, 15) is 13.5 Å². The summed E-state index contributed by atoms with van der Waals surface area (Å²) < 4.78 is 31.4. The summed E-state index contributed by atoms with van der Waals surface area (Å²) >= 11 is 0. The first kappa shape index (κ1) is 14.6. The van der Waals surface area contributed by atoms with Gasteiger partial charge in [-0.25, -0.2) is 0 Å². The van der Waals surface area contributed by atoms with Crippen molar-refractivity contribution in [3.8, 4) is 0 Å². The molecule has 0 bridgehead atoms. The first-order valence-electron chi connectivity index (χ1n) is 5.86. The highest BCUT2D eigenvalue weighted by Gasteiger charge is 2.42. The average Bonchev–Trinajstić information content (AvgIpc) is 2.40. The van der Waals surface area contributed by atoms with Crippen molar-refractivity contribution >= 4 is 15.8 Å². The maximum Gasteiger partial charge on any atom is 0.303 e. The molecule has 2 atom stereocenters. The lowest BCUT2D eigenvalue weighted by Gasteiger charge is -2.25. The summed E-state index contributed by atoms with van der Waals surface area (Å²) in [4.78, 5) is -2.38. The molecule has 0 heterocycles. The van der Waals surface area contributed by atoms with Crippen molar-refractivity contribution in [3.63, 3.8) is 0 Å². The van der Waals surface area contributed by atoms with Crippen molar-refractivity contribution in [3.05, 3.63) is 54.1 Å². The number of aliphatic hydroxyl groups is 1. The standard InChI is InChI=1S/C13H14N2O4S/c1-10-9-12(7-8-13(10,16)20(17,18)19)15-14-11-5-3-2-4-6-11/h2-9,12,16H,1H3,(H,17,18,19). The van der Waals surface area contributed by atoms with E-state index in [-0.39, 0.29) is 5.57 Å². The summed E-state index contributed by atoms with van der Waals surface area (Å²) in [5, 5.41) is 17.9. The Hall–Kier alpha value is -1.83. The molecule has 0 aromatic heterocycles. The molecule has 0 saturated heterocycles. The molecule has 0 spiro atoms.